The van der Waals surface area contributed by atoms with Gasteiger partial charge in [-0.1, -0.05) is 20.8 Å². The van der Waals surface area contributed by atoms with Crippen LogP contribution in [0.15, 0.2) is 23.9 Å². The number of amides is 2. The van der Waals surface area contributed by atoms with E-state index in [0.717, 1.165) is 10.6 Å². The molecule has 2 amide bonds. The molecular weight excluding hydrogens is 560 g/mol. The molecule has 1 aromatic rings. The maximum Gasteiger partial charge on any atom is 0.415 e. The molecule has 0 radical (unpaired) electrons. The Bertz CT molecular complexity index is 1220. The molecule has 0 bridgehead atoms. The van der Waals surface area contributed by atoms with Gasteiger partial charge >= 0.3 is 18.2 Å². The normalized spacial score (nSPS) is 16.7. The average Bonchev–Trinajstić information content (AvgIpc) is 2.90. The maximum atomic E-state index is 13.4. The number of rotatable bonds is 5. The molecule has 1 unspecified atom stereocenters. The zero-order valence-electron chi connectivity index (χ0n) is 27.0. The zero-order chi connectivity index (χ0) is 32.7. The number of hydrogen-bond acceptors (Lipinski definition) is 10. The van der Waals surface area contributed by atoms with E-state index in [1.165, 1.54) is 19.2 Å². The van der Waals surface area contributed by atoms with Gasteiger partial charge in [-0.05, 0) is 54.0 Å². The van der Waals surface area contributed by atoms with Gasteiger partial charge in [0.1, 0.15) is 35.3 Å². The summed E-state index contributed by atoms with van der Waals surface area (Å²) in [7, 11) is 1.18. The molecule has 0 aromatic heterocycles. The smallest absolute Gasteiger partial charge is 0.415 e. The summed E-state index contributed by atoms with van der Waals surface area (Å²) in [4.78, 5) is 55.0. The first-order valence-electron chi connectivity index (χ1n) is 14.5. The van der Waals surface area contributed by atoms with Gasteiger partial charge in [0.15, 0.2) is 0 Å². The molecule has 0 saturated carbocycles. The summed E-state index contributed by atoms with van der Waals surface area (Å²) < 4.78 is 22.0. The SMILES string of the molecule is CC.CCC(C(=O)OC)N(C(=O)OC(C)(C)C)c1cc2c(cc1[N+](=O)[O-])CN1CCN(C(=O)OC(C)(C)C)C/C1=C/CO2. The lowest BCUT2D eigenvalue weighted by molar-refractivity contribution is -0.384. The fraction of sp³-hybridized carbons (Fsp3) is 0.633. The second-order valence-corrected chi connectivity index (χ2v) is 11.8. The van der Waals surface area contributed by atoms with Crippen LogP contribution >= 0.6 is 0 Å². The van der Waals surface area contributed by atoms with Crippen LogP contribution in [0.4, 0.5) is 21.0 Å². The molecule has 1 saturated heterocycles. The number of methoxy groups -OCH3 is 1. The Morgan fingerprint density at radius 3 is 2.21 bits per heavy atom. The van der Waals surface area contributed by atoms with E-state index < -0.39 is 40.3 Å². The number of nitro benzene ring substituents is 1. The molecule has 43 heavy (non-hydrogen) atoms. The van der Waals surface area contributed by atoms with E-state index in [9.17, 15) is 24.5 Å². The van der Waals surface area contributed by atoms with Gasteiger partial charge in [-0.2, -0.15) is 0 Å². The highest BCUT2D eigenvalue weighted by molar-refractivity contribution is 5.98. The van der Waals surface area contributed by atoms with Crippen LogP contribution in [-0.4, -0.2) is 83.5 Å². The van der Waals surface area contributed by atoms with Crippen molar-refractivity contribution in [1.29, 1.82) is 0 Å². The van der Waals surface area contributed by atoms with Gasteiger partial charge < -0.3 is 28.7 Å². The highest BCUT2D eigenvalue weighted by Gasteiger charge is 2.39. The van der Waals surface area contributed by atoms with E-state index >= 15 is 0 Å². The minimum Gasteiger partial charge on any atom is -0.489 e. The van der Waals surface area contributed by atoms with Crippen molar-refractivity contribution >= 4 is 29.5 Å². The Morgan fingerprint density at radius 2 is 1.67 bits per heavy atom. The summed E-state index contributed by atoms with van der Waals surface area (Å²) in [5.41, 5.74) is -0.737. The first-order chi connectivity index (χ1) is 20.0. The summed E-state index contributed by atoms with van der Waals surface area (Å²) in [5, 5.41) is 12.3. The molecule has 1 atom stereocenters. The maximum absolute atomic E-state index is 13.4. The number of fused-ring (bicyclic) bond motifs is 2. The fourth-order valence-corrected chi connectivity index (χ4v) is 4.54. The number of anilines is 1. The van der Waals surface area contributed by atoms with Crippen LogP contribution < -0.4 is 9.64 Å². The second-order valence-electron chi connectivity index (χ2n) is 11.8. The number of hydrogen-bond donors (Lipinski definition) is 0. The summed E-state index contributed by atoms with van der Waals surface area (Å²) in [6, 6.07) is 1.58. The lowest BCUT2D eigenvalue weighted by Crippen LogP contribution is -2.49. The number of benzene rings is 1. The third kappa shape index (κ3) is 9.23. The molecule has 3 rings (SSSR count). The second kappa shape index (κ2) is 14.4. The molecule has 2 heterocycles. The minimum absolute atomic E-state index is 0.110. The van der Waals surface area contributed by atoms with E-state index in [0.29, 0.717) is 30.9 Å². The first-order valence-corrected chi connectivity index (χ1v) is 14.5. The van der Waals surface area contributed by atoms with Gasteiger partial charge in [-0.25, -0.2) is 14.4 Å². The van der Waals surface area contributed by atoms with Gasteiger partial charge in [-0.15, -0.1) is 0 Å². The molecule has 0 aliphatic carbocycles. The van der Waals surface area contributed by atoms with Gasteiger partial charge in [0, 0.05) is 43.0 Å². The summed E-state index contributed by atoms with van der Waals surface area (Å²) in [6.45, 7) is 17.6. The average molecular weight is 607 g/mol. The van der Waals surface area contributed by atoms with Gasteiger partial charge in [-0.3, -0.25) is 15.0 Å². The molecule has 13 nitrogen and oxygen atoms in total. The Morgan fingerprint density at radius 1 is 1.05 bits per heavy atom. The van der Waals surface area contributed by atoms with Crippen molar-refractivity contribution in [3.63, 3.8) is 0 Å². The van der Waals surface area contributed by atoms with Crippen LogP contribution in [0.2, 0.25) is 0 Å². The van der Waals surface area contributed by atoms with Gasteiger partial charge in [0.2, 0.25) is 0 Å². The topological polar surface area (TPSA) is 141 Å². The van der Waals surface area contributed by atoms with Crippen LogP contribution in [0.25, 0.3) is 0 Å². The van der Waals surface area contributed by atoms with Crippen LogP contribution in [0.1, 0.15) is 74.3 Å². The standard InChI is InChI=1S/C28H40N4O9.C2H6/c1-9-20(24(33)38-8)31(26(35)41-28(5,6)7)21-15-23-18(14-22(21)32(36)37)16-29-11-12-30(17-19(29)10-13-39-23)25(34)40-27(2,3)4;1-2/h10,14-15,20H,9,11-13,16-17H2,1-8H3;1-2H3/b19-10-;. The van der Waals surface area contributed by atoms with E-state index in [2.05, 4.69) is 0 Å². The Kier molecular flexibility index (Phi) is 11.8. The van der Waals surface area contributed by atoms with Gasteiger partial charge in [0.05, 0.1) is 18.6 Å². The third-order valence-electron chi connectivity index (χ3n) is 6.35. The van der Waals surface area contributed by atoms with Crippen molar-refractivity contribution in [2.45, 2.75) is 92.5 Å². The summed E-state index contributed by atoms with van der Waals surface area (Å²) in [5.74, 6) is -0.417. The highest BCUT2D eigenvalue weighted by atomic mass is 16.6. The van der Waals surface area contributed by atoms with Crippen molar-refractivity contribution in [3.05, 3.63) is 39.6 Å². The minimum atomic E-state index is -1.17. The van der Waals surface area contributed by atoms with E-state index in [1.807, 2.05) is 24.8 Å². The predicted molar refractivity (Wildman–Crippen MR) is 161 cm³/mol. The molecule has 1 aromatic carbocycles. The number of esters is 1. The van der Waals surface area contributed by atoms with E-state index in [-0.39, 0.29) is 30.9 Å². The third-order valence-corrected chi connectivity index (χ3v) is 6.35. The van der Waals surface area contributed by atoms with Crippen LogP contribution in [0.5, 0.6) is 5.75 Å². The molecule has 2 aliphatic heterocycles. The Labute approximate surface area is 253 Å². The quantitative estimate of drug-likeness (QED) is 0.179. The number of nitrogens with zero attached hydrogens (tertiary/aromatic N) is 4. The van der Waals surface area contributed by atoms with Gasteiger partial charge in [0.25, 0.3) is 5.69 Å². The summed E-state index contributed by atoms with van der Waals surface area (Å²) >= 11 is 0. The van der Waals surface area contributed by atoms with Crippen LogP contribution in [-0.2, 0) is 25.5 Å². The molecule has 0 spiro atoms. The Balaban J connectivity index is 0.00000316. The van der Waals surface area contributed by atoms with E-state index in [1.54, 1.807) is 53.4 Å². The number of carbonyl (C=O) groups is 3. The first kappa shape index (κ1) is 35.2. The van der Waals surface area contributed by atoms with Crippen molar-refractivity contribution < 1.29 is 38.3 Å². The molecule has 13 heteroatoms. The van der Waals surface area contributed by atoms with E-state index in [4.69, 9.17) is 18.9 Å². The number of piperazine rings is 1. The van der Waals surface area contributed by atoms with Crippen LogP contribution in [0.3, 0.4) is 0 Å². The number of ether oxygens (including phenoxy) is 4. The van der Waals surface area contributed by atoms with Crippen molar-refractivity contribution in [2.75, 3.05) is 38.3 Å². The lowest BCUT2D eigenvalue weighted by Gasteiger charge is -2.39. The van der Waals surface area contributed by atoms with Crippen LogP contribution in [0, 0.1) is 10.1 Å². The number of nitro groups is 1. The molecular formula is C30H46N4O9. The number of carbonyl (C=O) groups excluding carboxylic acids is 3. The highest BCUT2D eigenvalue weighted by Crippen LogP contribution is 2.39. The fourth-order valence-electron chi connectivity index (χ4n) is 4.54. The Hall–Kier alpha value is -4.03. The molecule has 1 fully saturated rings. The zero-order valence-corrected chi connectivity index (χ0v) is 27.0. The van der Waals surface area contributed by atoms with Crippen molar-refractivity contribution in [2.24, 2.45) is 0 Å². The monoisotopic (exact) mass is 606 g/mol. The predicted octanol–water partition coefficient (Wildman–Crippen LogP) is 5.64. The largest absolute Gasteiger partial charge is 0.489 e. The molecule has 240 valence electrons. The van der Waals surface area contributed by atoms with Crippen molar-refractivity contribution in [1.82, 2.24) is 9.80 Å². The van der Waals surface area contributed by atoms with Crippen molar-refractivity contribution in [3.8, 4) is 5.75 Å². The molecule has 2 aliphatic rings. The molecule has 0 N–H and O–H groups in total. The summed E-state index contributed by atoms with van der Waals surface area (Å²) in [6.07, 6.45) is 0.619. The lowest BCUT2D eigenvalue weighted by atomic mass is 10.1.